The lowest BCUT2D eigenvalue weighted by Crippen LogP contribution is -2.29. The Morgan fingerprint density at radius 2 is 2.25 bits per heavy atom. The number of sulfonamides is 1. The van der Waals surface area contributed by atoms with Crippen LogP contribution in [-0.2, 0) is 10.0 Å². The van der Waals surface area contributed by atoms with Crippen LogP contribution in [0.1, 0.15) is 18.4 Å². The van der Waals surface area contributed by atoms with E-state index in [-0.39, 0.29) is 28.0 Å². The Morgan fingerprint density at radius 3 is 2.85 bits per heavy atom. The van der Waals surface area contributed by atoms with Crippen molar-refractivity contribution in [2.24, 2.45) is 5.92 Å². The minimum Gasteiger partial charge on any atom is -0.396 e. The second-order valence-electron chi connectivity index (χ2n) is 4.78. The number of nitrogens with zero attached hydrogens (tertiary/aromatic N) is 2. The summed E-state index contributed by atoms with van der Waals surface area (Å²) in [5.41, 5.74) is 0.255. The number of rotatable bonds is 4. The van der Waals surface area contributed by atoms with Gasteiger partial charge in [0, 0.05) is 19.7 Å². The summed E-state index contributed by atoms with van der Waals surface area (Å²) in [6.07, 6.45) is 1.37. The van der Waals surface area contributed by atoms with E-state index in [4.69, 9.17) is 22.0 Å². The number of hydrogen-bond acceptors (Lipinski definition) is 4. The van der Waals surface area contributed by atoms with Crippen molar-refractivity contribution < 1.29 is 13.5 Å². The number of aliphatic hydroxyl groups is 1. The van der Waals surface area contributed by atoms with Crippen LogP contribution in [-0.4, -0.2) is 37.5 Å². The van der Waals surface area contributed by atoms with Gasteiger partial charge in [0.05, 0.1) is 15.5 Å². The Morgan fingerprint density at radius 1 is 1.50 bits per heavy atom. The monoisotopic (exact) mass is 314 g/mol. The molecule has 7 heteroatoms. The number of nitriles is 1. The molecular weight excluding hydrogens is 300 g/mol. The molecule has 1 N–H and O–H groups in total. The summed E-state index contributed by atoms with van der Waals surface area (Å²) in [6.45, 7) is 0.937. The highest BCUT2D eigenvalue weighted by Crippen LogP contribution is 2.28. The molecule has 0 saturated carbocycles. The van der Waals surface area contributed by atoms with Crippen molar-refractivity contribution in [1.29, 1.82) is 5.26 Å². The van der Waals surface area contributed by atoms with Crippen molar-refractivity contribution >= 4 is 21.6 Å². The van der Waals surface area contributed by atoms with Gasteiger partial charge in [-0.2, -0.15) is 9.57 Å². The van der Waals surface area contributed by atoms with Gasteiger partial charge in [0.15, 0.2) is 0 Å². The standard InChI is InChI=1S/C13H15ClN2O3S/c14-13-7-12(2-1-11(13)8-15)20(18,19)16-5-3-10(9-16)4-6-17/h1-2,7,10,17H,3-6,9H2. The highest BCUT2D eigenvalue weighted by molar-refractivity contribution is 7.89. The van der Waals surface area contributed by atoms with Crippen LogP contribution >= 0.6 is 11.6 Å². The molecule has 1 fully saturated rings. The first-order chi connectivity index (χ1) is 9.48. The predicted octanol–water partition coefficient (Wildman–Crippen LogP) is 1.60. The molecule has 1 saturated heterocycles. The Bertz CT molecular complexity index is 640. The highest BCUT2D eigenvalue weighted by atomic mass is 35.5. The van der Waals surface area contributed by atoms with Gasteiger partial charge in [0.25, 0.3) is 0 Å². The van der Waals surface area contributed by atoms with Crippen molar-refractivity contribution in [3.8, 4) is 6.07 Å². The third-order valence-corrected chi connectivity index (χ3v) is 5.66. The average Bonchev–Trinajstić information content (AvgIpc) is 2.88. The number of halogens is 1. The molecule has 5 nitrogen and oxygen atoms in total. The van der Waals surface area contributed by atoms with Crippen LogP contribution in [0, 0.1) is 17.2 Å². The van der Waals surface area contributed by atoms with Gasteiger partial charge in [-0.25, -0.2) is 8.42 Å². The maximum Gasteiger partial charge on any atom is 0.243 e. The third kappa shape index (κ3) is 2.96. The first-order valence-electron chi connectivity index (χ1n) is 6.29. The molecule has 1 aromatic carbocycles. The van der Waals surface area contributed by atoms with E-state index in [0.717, 1.165) is 6.42 Å². The van der Waals surface area contributed by atoms with Crippen LogP contribution in [0.4, 0.5) is 0 Å². The number of hydrogen-bond donors (Lipinski definition) is 1. The molecule has 20 heavy (non-hydrogen) atoms. The third-order valence-electron chi connectivity index (χ3n) is 3.48. The predicted molar refractivity (Wildman–Crippen MR) is 74.7 cm³/mol. The Balaban J connectivity index is 2.23. The molecule has 1 heterocycles. The summed E-state index contributed by atoms with van der Waals surface area (Å²) in [5.74, 6) is 0.198. The number of benzene rings is 1. The lowest BCUT2D eigenvalue weighted by Gasteiger charge is -2.16. The summed E-state index contributed by atoms with van der Waals surface area (Å²) in [4.78, 5) is 0.103. The molecule has 1 atom stereocenters. The smallest absolute Gasteiger partial charge is 0.243 e. The second kappa shape index (κ2) is 6.10. The molecule has 1 aliphatic heterocycles. The van der Waals surface area contributed by atoms with E-state index in [1.165, 1.54) is 22.5 Å². The SMILES string of the molecule is N#Cc1ccc(S(=O)(=O)N2CCC(CCO)C2)cc1Cl. The number of aliphatic hydroxyl groups excluding tert-OH is 1. The van der Waals surface area contributed by atoms with Crippen molar-refractivity contribution in [1.82, 2.24) is 4.31 Å². The lowest BCUT2D eigenvalue weighted by molar-refractivity contribution is 0.259. The van der Waals surface area contributed by atoms with E-state index in [1.54, 1.807) is 0 Å². The fourth-order valence-electron chi connectivity index (χ4n) is 2.33. The summed E-state index contributed by atoms with van der Waals surface area (Å²) in [5, 5.41) is 17.8. The summed E-state index contributed by atoms with van der Waals surface area (Å²) >= 11 is 5.88. The topological polar surface area (TPSA) is 81.4 Å². The zero-order chi connectivity index (χ0) is 14.8. The van der Waals surface area contributed by atoms with Crippen LogP contribution in [0.15, 0.2) is 23.1 Å². The molecule has 2 rings (SSSR count). The first kappa shape index (κ1) is 15.3. The Kier molecular flexibility index (Phi) is 4.66. The van der Waals surface area contributed by atoms with Crippen LogP contribution in [0.25, 0.3) is 0 Å². The van der Waals surface area contributed by atoms with Crippen LogP contribution in [0.2, 0.25) is 5.02 Å². The maximum absolute atomic E-state index is 12.5. The van der Waals surface area contributed by atoms with Gasteiger partial charge in [-0.05, 0) is 37.0 Å². The summed E-state index contributed by atoms with van der Waals surface area (Å²) < 4.78 is 26.3. The second-order valence-corrected chi connectivity index (χ2v) is 7.13. The lowest BCUT2D eigenvalue weighted by atomic mass is 10.1. The molecule has 0 spiro atoms. The fourth-order valence-corrected chi connectivity index (χ4v) is 4.17. The van der Waals surface area contributed by atoms with Crippen molar-refractivity contribution in [2.75, 3.05) is 19.7 Å². The van der Waals surface area contributed by atoms with Gasteiger partial charge in [-0.1, -0.05) is 11.6 Å². The van der Waals surface area contributed by atoms with E-state index < -0.39 is 10.0 Å². The zero-order valence-corrected chi connectivity index (χ0v) is 12.4. The van der Waals surface area contributed by atoms with Crippen molar-refractivity contribution in [3.05, 3.63) is 28.8 Å². The van der Waals surface area contributed by atoms with Gasteiger partial charge in [-0.15, -0.1) is 0 Å². The average molecular weight is 315 g/mol. The minimum absolute atomic E-state index is 0.0707. The van der Waals surface area contributed by atoms with Crippen molar-refractivity contribution in [3.63, 3.8) is 0 Å². The molecule has 1 aromatic rings. The Labute approximate surface area is 123 Å². The van der Waals surface area contributed by atoms with Gasteiger partial charge in [0.1, 0.15) is 6.07 Å². The molecule has 0 amide bonds. The molecule has 1 aliphatic rings. The molecule has 0 bridgehead atoms. The molecule has 0 radical (unpaired) electrons. The van der Waals surface area contributed by atoms with E-state index in [2.05, 4.69) is 0 Å². The summed E-state index contributed by atoms with van der Waals surface area (Å²) in [7, 11) is -3.58. The van der Waals surface area contributed by atoms with E-state index >= 15 is 0 Å². The quantitative estimate of drug-likeness (QED) is 0.915. The van der Waals surface area contributed by atoms with Gasteiger partial charge < -0.3 is 5.11 Å². The fraction of sp³-hybridized carbons (Fsp3) is 0.462. The summed E-state index contributed by atoms with van der Waals surface area (Å²) in [6, 6.07) is 6.03. The van der Waals surface area contributed by atoms with Crippen LogP contribution in [0.5, 0.6) is 0 Å². The van der Waals surface area contributed by atoms with Crippen LogP contribution < -0.4 is 0 Å². The van der Waals surface area contributed by atoms with E-state index in [0.29, 0.717) is 19.5 Å². The normalized spacial score (nSPS) is 19.9. The van der Waals surface area contributed by atoms with Crippen molar-refractivity contribution in [2.45, 2.75) is 17.7 Å². The molecular formula is C13H15ClN2O3S. The molecule has 0 aliphatic carbocycles. The zero-order valence-electron chi connectivity index (χ0n) is 10.8. The molecule has 108 valence electrons. The maximum atomic E-state index is 12.5. The van der Waals surface area contributed by atoms with Gasteiger partial charge in [-0.3, -0.25) is 0 Å². The first-order valence-corrected chi connectivity index (χ1v) is 8.11. The molecule has 0 aromatic heterocycles. The minimum atomic E-state index is -3.58. The molecule has 1 unspecified atom stereocenters. The largest absolute Gasteiger partial charge is 0.396 e. The van der Waals surface area contributed by atoms with Gasteiger partial charge in [0.2, 0.25) is 10.0 Å². The van der Waals surface area contributed by atoms with E-state index in [1.807, 2.05) is 6.07 Å². The highest BCUT2D eigenvalue weighted by Gasteiger charge is 2.32. The van der Waals surface area contributed by atoms with Crippen LogP contribution in [0.3, 0.4) is 0 Å². The van der Waals surface area contributed by atoms with E-state index in [9.17, 15) is 8.42 Å². The van der Waals surface area contributed by atoms with Gasteiger partial charge >= 0.3 is 0 Å². The Hall–Kier alpha value is -1.13.